The molecule has 5 rings (SSSR count). The molecule has 1 aliphatic heterocycles. The zero-order valence-electron chi connectivity index (χ0n) is 17.9. The van der Waals surface area contributed by atoms with E-state index < -0.39 is 17.8 Å². The first-order valence-electron chi connectivity index (χ1n) is 10.3. The summed E-state index contributed by atoms with van der Waals surface area (Å²) in [6, 6.07) is 18.3. The van der Waals surface area contributed by atoms with E-state index in [4.69, 9.17) is 16.3 Å². The maximum Gasteiger partial charge on any atom is 0.255 e. The lowest BCUT2D eigenvalue weighted by atomic mass is 9.93. The van der Waals surface area contributed by atoms with Crippen LogP contribution in [0.4, 0.5) is 16.0 Å². The van der Waals surface area contributed by atoms with Crippen molar-refractivity contribution in [3.63, 3.8) is 0 Å². The number of aromatic nitrogens is 2. The van der Waals surface area contributed by atoms with Crippen LogP contribution < -0.4 is 15.4 Å². The first kappa shape index (κ1) is 21.0. The topological polar surface area (TPSA) is 68.2 Å². The average Bonchev–Trinajstić information content (AvgIpc) is 3.17. The van der Waals surface area contributed by atoms with Crippen molar-refractivity contribution in [2.75, 3.05) is 17.7 Å². The van der Waals surface area contributed by atoms with Gasteiger partial charge in [-0.15, -0.1) is 0 Å². The normalized spacial score (nSPS) is 15.2. The number of rotatable bonds is 4. The van der Waals surface area contributed by atoms with Crippen molar-refractivity contribution in [2.24, 2.45) is 0 Å². The van der Waals surface area contributed by atoms with Crippen LogP contribution in [0, 0.1) is 5.82 Å². The molecule has 0 radical (unpaired) electrons. The Hall–Kier alpha value is -3.84. The molecule has 1 aliphatic rings. The van der Waals surface area contributed by atoms with Crippen LogP contribution in [0.3, 0.4) is 0 Å². The Morgan fingerprint density at radius 2 is 1.88 bits per heavy atom. The number of imidazole rings is 1. The Kier molecular flexibility index (Phi) is 5.26. The second kappa shape index (κ2) is 8.26. The molecule has 8 heteroatoms. The van der Waals surface area contributed by atoms with Crippen LogP contribution in [0.15, 0.2) is 78.0 Å². The summed E-state index contributed by atoms with van der Waals surface area (Å²) in [5.74, 6) is 0.111. The molecule has 166 valence electrons. The van der Waals surface area contributed by atoms with Gasteiger partial charge in [0.2, 0.25) is 5.95 Å². The maximum absolute atomic E-state index is 15.2. The summed E-state index contributed by atoms with van der Waals surface area (Å²) in [7, 11) is 1.53. The Labute approximate surface area is 194 Å². The molecule has 0 spiro atoms. The van der Waals surface area contributed by atoms with Gasteiger partial charge in [-0.2, -0.15) is 0 Å². The fourth-order valence-corrected chi connectivity index (χ4v) is 4.51. The van der Waals surface area contributed by atoms with E-state index in [2.05, 4.69) is 15.6 Å². The smallest absolute Gasteiger partial charge is 0.255 e. The minimum atomic E-state index is -0.836. The third-order valence-corrected chi connectivity index (χ3v) is 6.03. The molecule has 1 unspecified atom stereocenters. The van der Waals surface area contributed by atoms with Crippen molar-refractivity contribution in [2.45, 2.75) is 13.0 Å². The van der Waals surface area contributed by atoms with Crippen LogP contribution >= 0.6 is 11.6 Å². The predicted octanol–water partition coefficient (Wildman–Crippen LogP) is 5.77. The summed E-state index contributed by atoms with van der Waals surface area (Å²) in [5.41, 5.74) is 3.05. The van der Waals surface area contributed by atoms with Gasteiger partial charge in [0, 0.05) is 16.3 Å². The third-order valence-electron chi connectivity index (χ3n) is 5.70. The molecule has 4 aromatic rings. The van der Waals surface area contributed by atoms with Crippen LogP contribution in [0.25, 0.3) is 11.0 Å². The number of allylic oxidation sites excluding steroid dienone is 1. The van der Waals surface area contributed by atoms with Gasteiger partial charge in [0.1, 0.15) is 11.6 Å². The van der Waals surface area contributed by atoms with Crippen LogP contribution in [-0.2, 0) is 4.79 Å². The van der Waals surface area contributed by atoms with Crippen molar-refractivity contribution >= 4 is 40.2 Å². The molecule has 0 fully saturated rings. The van der Waals surface area contributed by atoms with Crippen LogP contribution in [-0.4, -0.2) is 22.6 Å². The molecule has 2 N–H and O–H groups in total. The molecule has 0 aliphatic carbocycles. The molecular formula is C25H20ClFN4O2. The van der Waals surface area contributed by atoms with E-state index in [1.807, 2.05) is 34.9 Å². The van der Waals surface area contributed by atoms with E-state index in [0.29, 0.717) is 28.7 Å². The quantitative estimate of drug-likeness (QED) is 0.404. The number of hydrogen-bond donors (Lipinski definition) is 2. The Morgan fingerprint density at radius 3 is 2.67 bits per heavy atom. The average molecular weight is 463 g/mol. The van der Waals surface area contributed by atoms with E-state index in [9.17, 15) is 4.79 Å². The highest BCUT2D eigenvalue weighted by Gasteiger charge is 2.37. The molecule has 0 bridgehead atoms. The molecule has 1 aromatic heterocycles. The number of hydrogen-bond acceptors (Lipinski definition) is 4. The minimum Gasteiger partial charge on any atom is -0.495 e. The van der Waals surface area contributed by atoms with Crippen molar-refractivity contribution < 1.29 is 13.9 Å². The van der Waals surface area contributed by atoms with Crippen molar-refractivity contribution in [1.82, 2.24) is 9.55 Å². The number of methoxy groups -OCH3 is 1. The van der Waals surface area contributed by atoms with E-state index >= 15 is 4.39 Å². The SMILES string of the molecule is COc1ccccc1NC(=O)C1=C(C)Nc2nc3ccccc3n2C1c1c(F)cccc1Cl. The van der Waals surface area contributed by atoms with Crippen LogP contribution in [0.2, 0.25) is 5.02 Å². The van der Waals surface area contributed by atoms with Gasteiger partial charge < -0.3 is 15.4 Å². The lowest BCUT2D eigenvalue weighted by Gasteiger charge is -2.31. The molecular weight excluding hydrogens is 443 g/mol. The zero-order chi connectivity index (χ0) is 23.1. The summed E-state index contributed by atoms with van der Waals surface area (Å²) in [5, 5.41) is 6.34. The van der Waals surface area contributed by atoms with Crippen molar-refractivity contribution in [1.29, 1.82) is 0 Å². The number of para-hydroxylation sites is 4. The summed E-state index contributed by atoms with van der Waals surface area (Å²) in [6.07, 6.45) is 0. The monoisotopic (exact) mass is 462 g/mol. The number of amides is 1. The lowest BCUT2D eigenvalue weighted by Crippen LogP contribution is -2.31. The van der Waals surface area contributed by atoms with Crippen LogP contribution in [0.5, 0.6) is 5.75 Å². The molecule has 3 aromatic carbocycles. The highest BCUT2D eigenvalue weighted by atomic mass is 35.5. The zero-order valence-corrected chi connectivity index (χ0v) is 18.7. The van der Waals surface area contributed by atoms with Gasteiger partial charge >= 0.3 is 0 Å². The number of ether oxygens (including phenoxy) is 1. The molecule has 33 heavy (non-hydrogen) atoms. The Balaban J connectivity index is 1.71. The van der Waals surface area contributed by atoms with Gasteiger partial charge in [0.05, 0.1) is 35.4 Å². The maximum atomic E-state index is 15.2. The van der Waals surface area contributed by atoms with Gasteiger partial charge in [0.15, 0.2) is 0 Å². The predicted molar refractivity (Wildman–Crippen MR) is 127 cm³/mol. The summed E-state index contributed by atoms with van der Waals surface area (Å²) in [6.45, 7) is 1.77. The van der Waals surface area contributed by atoms with Gasteiger partial charge in [-0.1, -0.05) is 41.9 Å². The fraction of sp³-hybridized carbons (Fsp3) is 0.120. The van der Waals surface area contributed by atoms with Crippen LogP contribution in [0.1, 0.15) is 18.5 Å². The number of benzene rings is 3. The summed E-state index contributed by atoms with van der Waals surface area (Å²) < 4.78 is 22.4. The number of fused-ring (bicyclic) bond motifs is 3. The van der Waals surface area contributed by atoms with Crippen molar-refractivity contribution in [3.05, 3.63) is 94.4 Å². The minimum absolute atomic E-state index is 0.203. The Morgan fingerprint density at radius 1 is 1.12 bits per heavy atom. The number of halogens is 2. The molecule has 1 atom stereocenters. The third kappa shape index (κ3) is 3.50. The first-order valence-corrected chi connectivity index (χ1v) is 10.7. The number of carbonyl (C=O) groups is 1. The standard InChI is InChI=1S/C25H20ClFN4O2/c1-14-21(24(32)29-18-11-4-6-13-20(18)33-2)23(22-15(26)8-7-9-16(22)27)31-19-12-5-3-10-17(19)30-25(31)28-14/h3-13,23H,1-2H3,(H,28,30)(H,29,32). The second-order valence-corrected chi connectivity index (χ2v) is 8.06. The molecule has 0 saturated heterocycles. The Bertz CT molecular complexity index is 1410. The van der Waals surface area contributed by atoms with E-state index in [0.717, 1.165) is 11.0 Å². The van der Waals surface area contributed by atoms with Gasteiger partial charge in [-0.05, 0) is 43.3 Å². The fourth-order valence-electron chi connectivity index (χ4n) is 4.24. The largest absolute Gasteiger partial charge is 0.495 e. The molecule has 2 heterocycles. The second-order valence-electron chi connectivity index (χ2n) is 7.65. The van der Waals surface area contributed by atoms with Gasteiger partial charge in [0.25, 0.3) is 5.91 Å². The highest BCUT2D eigenvalue weighted by molar-refractivity contribution is 6.31. The molecule has 6 nitrogen and oxygen atoms in total. The van der Waals surface area contributed by atoms with Crippen molar-refractivity contribution in [3.8, 4) is 5.75 Å². The first-order chi connectivity index (χ1) is 16.0. The van der Waals surface area contributed by atoms with Gasteiger partial charge in [-0.25, -0.2) is 9.37 Å². The number of nitrogens with one attached hydrogen (secondary N) is 2. The van der Waals surface area contributed by atoms with E-state index in [1.165, 1.54) is 13.2 Å². The van der Waals surface area contributed by atoms with E-state index in [-0.39, 0.29) is 10.6 Å². The number of nitrogens with zero attached hydrogens (tertiary/aromatic N) is 2. The van der Waals surface area contributed by atoms with Gasteiger partial charge in [-0.3, -0.25) is 9.36 Å². The molecule has 1 amide bonds. The highest BCUT2D eigenvalue weighted by Crippen LogP contribution is 2.42. The van der Waals surface area contributed by atoms with E-state index in [1.54, 1.807) is 37.3 Å². The molecule has 0 saturated carbocycles. The summed E-state index contributed by atoms with van der Waals surface area (Å²) in [4.78, 5) is 18.3. The lowest BCUT2D eigenvalue weighted by molar-refractivity contribution is -0.113. The summed E-state index contributed by atoms with van der Waals surface area (Å²) >= 11 is 6.50. The number of anilines is 2. The number of carbonyl (C=O) groups excluding carboxylic acids is 1.